The molecular weight excluding hydrogens is 348 g/mol. The number of fused-ring (bicyclic) bond motifs is 5. The lowest BCUT2D eigenvalue weighted by Gasteiger charge is -2.58. The highest BCUT2D eigenvalue weighted by molar-refractivity contribution is 5.91. The molecule has 0 aromatic heterocycles. The van der Waals surface area contributed by atoms with Crippen molar-refractivity contribution in [3.05, 3.63) is 11.6 Å². The van der Waals surface area contributed by atoms with Gasteiger partial charge in [-0.1, -0.05) is 26.3 Å². The Labute approximate surface area is 170 Å². The summed E-state index contributed by atoms with van der Waals surface area (Å²) in [5.74, 6) is 4.03. The lowest BCUT2D eigenvalue weighted by Crippen LogP contribution is -2.51. The Morgan fingerprint density at radius 2 is 1.93 bits per heavy atom. The molecule has 3 unspecified atom stereocenters. The van der Waals surface area contributed by atoms with Gasteiger partial charge in [0.15, 0.2) is 5.78 Å². The van der Waals surface area contributed by atoms with Crippen LogP contribution < -0.4 is 0 Å². The first-order valence-corrected chi connectivity index (χ1v) is 11.6. The molecular formula is C25H38O3. The van der Waals surface area contributed by atoms with Crippen LogP contribution in [-0.2, 0) is 14.3 Å². The van der Waals surface area contributed by atoms with Gasteiger partial charge in [-0.25, -0.2) is 0 Å². The Morgan fingerprint density at radius 3 is 2.68 bits per heavy atom. The van der Waals surface area contributed by atoms with Crippen molar-refractivity contribution in [1.82, 2.24) is 0 Å². The largest absolute Gasteiger partial charge is 0.469 e. The quantitative estimate of drug-likeness (QED) is 0.580. The maximum Gasteiger partial charge on any atom is 0.305 e. The van der Waals surface area contributed by atoms with E-state index in [0.717, 1.165) is 49.4 Å². The standard InChI is InChI=1S/C25H38O3/c1-16(5-10-23(27)28-4)20-8-9-21-19-7-6-17-15-18(26)11-13-24(17,2)22(19)12-14-25(20,21)3/h15-16,19-22H,5-14H2,1-4H3/t16-,19?,20-,21?,22?,24+,25-/m1/s1. The molecule has 0 amide bonds. The molecule has 4 aliphatic rings. The van der Waals surface area contributed by atoms with Crippen LogP contribution in [0, 0.1) is 40.4 Å². The van der Waals surface area contributed by atoms with Gasteiger partial charge in [0.2, 0.25) is 0 Å². The zero-order valence-corrected chi connectivity index (χ0v) is 18.3. The molecule has 4 aliphatic carbocycles. The molecule has 3 saturated carbocycles. The van der Waals surface area contributed by atoms with Crippen LogP contribution in [0.25, 0.3) is 0 Å². The molecule has 3 nitrogen and oxygen atoms in total. The minimum atomic E-state index is -0.0679. The smallest absolute Gasteiger partial charge is 0.305 e. The van der Waals surface area contributed by atoms with E-state index >= 15 is 0 Å². The van der Waals surface area contributed by atoms with Crippen LogP contribution in [0.2, 0.25) is 0 Å². The van der Waals surface area contributed by atoms with Gasteiger partial charge in [0.25, 0.3) is 0 Å². The molecule has 7 atom stereocenters. The van der Waals surface area contributed by atoms with E-state index in [2.05, 4.69) is 20.8 Å². The highest BCUT2D eigenvalue weighted by Gasteiger charge is 2.59. The number of carbonyl (C=O) groups excluding carboxylic acids is 2. The third-order valence-electron chi connectivity index (χ3n) is 9.75. The van der Waals surface area contributed by atoms with Gasteiger partial charge in [0.05, 0.1) is 7.11 Å². The van der Waals surface area contributed by atoms with Crippen molar-refractivity contribution in [2.24, 2.45) is 40.4 Å². The second kappa shape index (κ2) is 7.29. The van der Waals surface area contributed by atoms with E-state index in [1.165, 1.54) is 44.8 Å². The van der Waals surface area contributed by atoms with Gasteiger partial charge in [-0.05, 0) is 97.9 Å². The van der Waals surface area contributed by atoms with Gasteiger partial charge in [0, 0.05) is 12.8 Å². The van der Waals surface area contributed by atoms with Gasteiger partial charge in [-0.15, -0.1) is 0 Å². The second-order valence-electron chi connectivity index (χ2n) is 10.8. The summed E-state index contributed by atoms with van der Waals surface area (Å²) in [6.45, 7) is 7.40. The summed E-state index contributed by atoms with van der Waals surface area (Å²) in [4.78, 5) is 23.6. The molecule has 4 rings (SSSR count). The van der Waals surface area contributed by atoms with Crippen molar-refractivity contribution in [1.29, 1.82) is 0 Å². The molecule has 156 valence electrons. The molecule has 0 radical (unpaired) electrons. The van der Waals surface area contributed by atoms with Crippen LogP contribution in [0.4, 0.5) is 0 Å². The van der Waals surface area contributed by atoms with Crippen LogP contribution in [0.15, 0.2) is 11.6 Å². The van der Waals surface area contributed by atoms with Gasteiger partial charge < -0.3 is 4.74 Å². The summed E-state index contributed by atoms with van der Waals surface area (Å²) in [6, 6.07) is 0. The van der Waals surface area contributed by atoms with E-state index in [-0.39, 0.29) is 11.4 Å². The van der Waals surface area contributed by atoms with Crippen molar-refractivity contribution in [3.63, 3.8) is 0 Å². The van der Waals surface area contributed by atoms with Crippen molar-refractivity contribution in [3.8, 4) is 0 Å². The SMILES string of the molecule is COC(=O)CC[C@@H](C)[C@H]1CCC2C3CCC4=CC(=O)CC[C@]4(C)C3CC[C@@]21C. The summed E-state index contributed by atoms with van der Waals surface area (Å²) in [7, 11) is 1.49. The Bertz CT molecular complexity index is 679. The highest BCUT2D eigenvalue weighted by atomic mass is 16.5. The molecule has 0 bridgehead atoms. The summed E-state index contributed by atoms with van der Waals surface area (Å²) in [5.41, 5.74) is 2.17. The average molecular weight is 387 g/mol. The Hall–Kier alpha value is -1.12. The lowest BCUT2D eigenvalue weighted by atomic mass is 9.46. The van der Waals surface area contributed by atoms with Crippen molar-refractivity contribution in [2.45, 2.75) is 85.0 Å². The van der Waals surface area contributed by atoms with Gasteiger partial charge in [-0.3, -0.25) is 9.59 Å². The highest BCUT2D eigenvalue weighted by Crippen LogP contribution is 2.67. The van der Waals surface area contributed by atoms with Crippen LogP contribution in [0.1, 0.15) is 85.0 Å². The molecule has 0 aromatic rings. The van der Waals surface area contributed by atoms with Crippen LogP contribution in [0.3, 0.4) is 0 Å². The monoisotopic (exact) mass is 386 g/mol. The van der Waals surface area contributed by atoms with E-state index < -0.39 is 0 Å². The molecule has 0 saturated heterocycles. The number of hydrogen-bond donors (Lipinski definition) is 0. The fraction of sp³-hybridized carbons (Fsp3) is 0.840. The third-order valence-corrected chi connectivity index (χ3v) is 9.75. The number of carbonyl (C=O) groups is 2. The van der Waals surface area contributed by atoms with E-state index in [9.17, 15) is 9.59 Å². The molecule has 0 aromatic carbocycles. The molecule has 3 heteroatoms. The molecule has 0 N–H and O–H groups in total. The van der Waals surface area contributed by atoms with Crippen LogP contribution >= 0.6 is 0 Å². The molecule has 0 aliphatic heterocycles. The maximum absolute atomic E-state index is 12.0. The first-order valence-electron chi connectivity index (χ1n) is 11.6. The average Bonchev–Trinajstić information content (AvgIpc) is 3.03. The van der Waals surface area contributed by atoms with Gasteiger partial charge in [0.1, 0.15) is 0 Å². The minimum Gasteiger partial charge on any atom is -0.469 e. The van der Waals surface area contributed by atoms with Crippen molar-refractivity contribution >= 4 is 11.8 Å². The lowest BCUT2D eigenvalue weighted by molar-refractivity contribution is -0.141. The predicted octanol–water partition coefficient (Wildman–Crippen LogP) is 5.72. The van der Waals surface area contributed by atoms with Crippen LogP contribution in [0.5, 0.6) is 0 Å². The number of allylic oxidation sites excluding steroid dienone is 1. The van der Waals surface area contributed by atoms with E-state index in [1.54, 1.807) is 0 Å². The molecule has 0 heterocycles. The Kier molecular flexibility index (Phi) is 5.25. The van der Waals surface area contributed by atoms with Gasteiger partial charge in [-0.2, -0.15) is 0 Å². The zero-order valence-electron chi connectivity index (χ0n) is 18.3. The second-order valence-corrected chi connectivity index (χ2v) is 10.8. The number of hydrogen-bond acceptors (Lipinski definition) is 3. The molecule has 0 spiro atoms. The number of methoxy groups -OCH3 is 1. The molecule has 28 heavy (non-hydrogen) atoms. The topological polar surface area (TPSA) is 43.4 Å². The van der Waals surface area contributed by atoms with Gasteiger partial charge >= 0.3 is 5.97 Å². The maximum atomic E-state index is 12.0. The fourth-order valence-electron chi connectivity index (χ4n) is 8.18. The predicted molar refractivity (Wildman–Crippen MR) is 111 cm³/mol. The van der Waals surface area contributed by atoms with Crippen molar-refractivity contribution < 1.29 is 14.3 Å². The summed E-state index contributed by atoms with van der Waals surface area (Å²) >= 11 is 0. The minimum absolute atomic E-state index is 0.0679. The Morgan fingerprint density at radius 1 is 1.14 bits per heavy atom. The van der Waals surface area contributed by atoms with E-state index in [0.29, 0.717) is 23.5 Å². The normalized spacial score (nSPS) is 43.4. The molecule has 3 fully saturated rings. The summed E-state index contributed by atoms with van der Waals surface area (Å²) in [5, 5.41) is 0. The van der Waals surface area contributed by atoms with Crippen LogP contribution in [-0.4, -0.2) is 18.9 Å². The zero-order chi connectivity index (χ0) is 20.1. The first kappa shape index (κ1) is 20.2. The Balaban J connectivity index is 1.51. The van der Waals surface area contributed by atoms with Crippen molar-refractivity contribution in [2.75, 3.05) is 7.11 Å². The first-order chi connectivity index (χ1) is 13.3. The number of ether oxygens (including phenoxy) is 1. The van der Waals surface area contributed by atoms with E-state index in [4.69, 9.17) is 4.74 Å². The third kappa shape index (κ3) is 3.08. The summed E-state index contributed by atoms with van der Waals surface area (Å²) in [6.07, 6.45) is 13.1. The fourth-order valence-corrected chi connectivity index (χ4v) is 8.18. The van der Waals surface area contributed by atoms with E-state index in [1.807, 2.05) is 6.08 Å². The number of esters is 1. The number of rotatable bonds is 4. The summed E-state index contributed by atoms with van der Waals surface area (Å²) < 4.78 is 4.87. The number of ketones is 1.